The average molecular weight is 446 g/mol. The molecule has 0 aliphatic heterocycles. The Morgan fingerprint density at radius 1 is 1.00 bits per heavy atom. The van der Waals surface area contributed by atoms with Gasteiger partial charge in [-0.2, -0.15) is 0 Å². The summed E-state index contributed by atoms with van der Waals surface area (Å²) in [5, 5.41) is 1.96. The molecule has 0 unspecified atom stereocenters. The van der Waals surface area contributed by atoms with Crippen molar-refractivity contribution in [2.75, 3.05) is 0 Å². The monoisotopic (exact) mass is 446 g/mol. The van der Waals surface area contributed by atoms with Crippen LogP contribution in [0, 0.1) is 0 Å². The number of halogens is 1. The van der Waals surface area contributed by atoms with Gasteiger partial charge in [-0.3, -0.25) is 9.59 Å². The second kappa shape index (κ2) is 6.71. The highest BCUT2D eigenvalue weighted by atomic mass is 127. The summed E-state index contributed by atoms with van der Waals surface area (Å²) < 4.78 is 3.71. The molecule has 1 heterocycles. The van der Waals surface area contributed by atoms with Crippen molar-refractivity contribution in [2.24, 2.45) is 7.05 Å². The number of rotatable bonds is 3. The van der Waals surface area contributed by atoms with Gasteiger partial charge in [0.1, 0.15) is 0 Å². The molecule has 1 aromatic heterocycles. The molecule has 1 aliphatic carbocycles. The summed E-state index contributed by atoms with van der Waals surface area (Å²) in [4.78, 5) is 26.1. The van der Waals surface area contributed by atoms with E-state index in [2.05, 4.69) is 6.92 Å². The zero-order chi connectivity index (χ0) is 16.8. The number of imidazole rings is 1. The van der Waals surface area contributed by atoms with Gasteiger partial charge in [0.05, 0.1) is 13.6 Å². The van der Waals surface area contributed by atoms with Gasteiger partial charge in [0.2, 0.25) is 29.3 Å². The summed E-state index contributed by atoms with van der Waals surface area (Å²) in [6.07, 6.45) is 3.88. The molecule has 25 heavy (non-hydrogen) atoms. The van der Waals surface area contributed by atoms with E-state index in [9.17, 15) is 9.59 Å². The van der Waals surface area contributed by atoms with E-state index in [1.807, 2.05) is 54.3 Å². The van der Waals surface area contributed by atoms with Crippen LogP contribution < -0.4 is 28.5 Å². The molecule has 2 aromatic carbocycles. The van der Waals surface area contributed by atoms with Crippen LogP contribution in [-0.2, 0) is 13.6 Å². The molecule has 0 amide bonds. The van der Waals surface area contributed by atoms with E-state index in [4.69, 9.17) is 0 Å². The molecular weight excluding hydrogens is 427 g/mol. The van der Waals surface area contributed by atoms with E-state index in [0.717, 1.165) is 30.2 Å². The maximum Gasteiger partial charge on any atom is 0.244 e. The van der Waals surface area contributed by atoms with Crippen LogP contribution in [0.2, 0.25) is 0 Å². The Kier molecular flexibility index (Phi) is 4.77. The minimum atomic E-state index is -0.0666. The number of aryl methyl sites for hydroxylation is 2. The Hall–Kier alpha value is -2.02. The molecule has 0 fully saturated rings. The zero-order valence-corrected chi connectivity index (χ0v) is 16.4. The molecule has 4 rings (SSSR count). The first kappa shape index (κ1) is 17.8. The first-order valence-electron chi connectivity index (χ1n) is 8.32. The number of nitrogens with zero attached hydrogens (tertiary/aromatic N) is 2. The number of ketones is 2. The van der Waals surface area contributed by atoms with E-state index in [-0.39, 0.29) is 35.5 Å². The first-order valence-corrected chi connectivity index (χ1v) is 8.32. The van der Waals surface area contributed by atoms with Crippen molar-refractivity contribution in [3.63, 3.8) is 0 Å². The number of carbonyl (C=O) groups is 2. The van der Waals surface area contributed by atoms with Gasteiger partial charge in [0, 0.05) is 11.1 Å². The van der Waals surface area contributed by atoms with Crippen LogP contribution in [0.15, 0.2) is 42.7 Å². The lowest BCUT2D eigenvalue weighted by atomic mass is 9.87. The zero-order valence-electron chi connectivity index (χ0n) is 14.3. The van der Waals surface area contributed by atoms with Crippen LogP contribution in [-0.4, -0.2) is 16.1 Å². The van der Waals surface area contributed by atoms with Gasteiger partial charge in [-0.25, -0.2) is 9.13 Å². The molecule has 0 N–H and O–H groups in total. The summed E-state index contributed by atoms with van der Waals surface area (Å²) in [6, 6.07) is 11.5. The highest BCUT2D eigenvalue weighted by Crippen LogP contribution is 2.29. The van der Waals surface area contributed by atoms with E-state index in [1.165, 1.54) is 0 Å². The van der Waals surface area contributed by atoms with Crippen LogP contribution in [0.5, 0.6) is 0 Å². The van der Waals surface area contributed by atoms with Crippen LogP contribution in [0.4, 0.5) is 0 Å². The minimum absolute atomic E-state index is 0. The van der Waals surface area contributed by atoms with E-state index < -0.39 is 0 Å². The van der Waals surface area contributed by atoms with Crippen molar-refractivity contribution in [3.8, 4) is 0 Å². The lowest BCUT2D eigenvalue weighted by Crippen LogP contribution is -3.00. The molecule has 0 bridgehead atoms. The van der Waals surface area contributed by atoms with Crippen LogP contribution in [0.25, 0.3) is 10.8 Å². The SMILES string of the molecule is CCCCn1c[n+](C)c2c1C(=O)c1cc3ccccc3cc1C2=O.[I-]. The lowest BCUT2D eigenvalue weighted by molar-refractivity contribution is -0.672. The third kappa shape index (κ3) is 2.70. The molecule has 5 heteroatoms. The predicted molar refractivity (Wildman–Crippen MR) is 91.3 cm³/mol. The molecule has 1 aliphatic rings. The van der Waals surface area contributed by atoms with Gasteiger partial charge < -0.3 is 24.0 Å². The Bertz CT molecular complexity index is 1000. The molecule has 4 nitrogen and oxygen atoms in total. The molecule has 0 spiro atoms. The standard InChI is InChI=1S/C20H19N2O2.HI/c1-3-4-9-22-12-21(2)17-18(22)20(24)16-11-14-8-6-5-7-13(14)10-15(16)19(17)23;/h5-8,10-12H,3-4,9H2,1-2H3;1H/q+1;/p-1. The van der Waals surface area contributed by atoms with E-state index in [1.54, 1.807) is 4.57 Å². The topological polar surface area (TPSA) is 43.0 Å². The summed E-state index contributed by atoms with van der Waals surface area (Å²) in [5.41, 5.74) is 2.05. The van der Waals surface area contributed by atoms with Crippen molar-refractivity contribution in [2.45, 2.75) is 26.3 Å². The fourth-order valence-corrected chi connectivity index (χ4v) is 3.50. The highest BCUT2D eigenvalue weighted by Gasteiger charge is 2.40. The van der Waals surface area contributed by atoms with Gasteiger partial charge in [-0.05, 0) is 29.3 Å². The van der Waals surface area contributed by atoms with Gasteiger partial charge in [-0.15, -0.1) is 0 Å². The van der Waals surface area contributed by atoms with Gasteiger partial charge >= 0.3 is 0 Å². The maximum absolute atomic E-state index is 13.1. The number of hydrogen-bond donors (Lipinski definition) is 0. The summed E-state index contributed by atoms with van der Waals surface area (Å²) in [6.45, 7) is 2.87. The second-order valence-corrected chi connectivity index (χ2v) is 6.37. The van der Waals surface area contributed by atoms with Gasteiger partial charge in [0.25, 0.3) is 0 Å². The van der Waals surface area contributed by atoms with Gasteiger partial charge in [-0.1, -0.05) is 37.6 Å². The highest BCUT2D eigenvalue weighted by molar-refractivity contribution is 6.27. The van der Waals surface area contributed by atoms with Crippen molar-refractivity contribution >= 4 is 22.3 Å². The fraction of sp³-hybridized carbons (Fsp3) is 0.250. The summed E-state index contributed by atoms with van der Waals surface area (Å²) in [5.74, 6) is -0.120. The number of fused-ring (bicyclic) bond motifs is 3. The van der Waals surface area contributed by atoms with Gasteiger partial charge in [0.15, 0.2) is 0 Å². The van der Waals surface area contributed by atoms with Crippen molar-refractivity contribution < 1.29 is 38.1 Å². The average Bonchev–Trinajstić information content (AvgIpc) is 2.93. The predicted octanol–water partition coefficient (Wildman–Crippen LogP) is 0.0453. The summed E-state index contributed by atoms with van der Waals surface area (Å²) in [7, 11) is 1.83. The Balaban J connectivity index is 0.00000182. The van der Waals surface area contributed by atoms with Crippen LogP contribution >= 0.6 is 0 Å². The van der Waals surface area contributed by atoms with Crippen molar-refractivity contribution in [3.05, 3.63) is 65.2 Å². The Morgan fingerprint density at radius 2 is 1.60 bits per heavy atom. The minimum Gasteiger partial charge on any atom is -1.00 e. The number of benzene rings is 2. The molecule has 128 valence electrons. The molecule has 0 atom stereocenters. The number of hydrogen-bond acceptors (Lipinski definition) is 2. The van der Waals surface area contributed by atoms with E-state index >= 15 is 0 Å². The Morgan fingerprint density at radius 3 is 2.20 bits per heavy atom. The smallest absolute Gasteiger partial charge is 0.244 e. The van der Waals surface area contributed by atoms with E-state index in [0.29, 0.717) is 22.5 Å². The second-order valence-electron chi connectivity index (χ2n) is 6.37. The molecular formula is C20H19IN2O2. The van der Waals surface area contributed by atoms with Crippen molar-refractivity contribution in [1.29, 1.82) is 0 Å². The number of unbranched alkanes of at least 4 members (excludes halogenated alkanes) is 1. The molecule has 0 saturated heterocycles. The number of aromatic nitrogens is 2. The third-order valence-electron chi connectivity index (χ3n) is 4.73. The largest absolute Gasteiger partial charge is 1.00 e. The van der Waals surface area contributed by atoms with Crippen molar-refractivity contribution in [1.82, 2.24) is 4.57 Å². The first-order chi connectivity index (χ1) is 11.6. The Labute approximate surface area is 163 Å². The van der Waals surface area contributed by atoms with Crippen LogP contribution in [0.1, 0.15) is 51.9 Å². The quantitative estimate of drug-likeness (QED) is 0.330. The molecule has 3 aromatic rings. The lowest BCUT2D eigenvalue weighted by Gasteiger charge is -2.14. The normalized spacial score (nSPS) is 12.7. The number of carbonyl (C=O) groups excluding carboxylic acids is 2. The summed E-state index contributed by atoms with van der Waals surface area (Å²) >= 11 is 0. The third-order valence-corrected chi connectivity index (χ3v) is 4.73. The molecule has 0 saturated carbocycles. The fourth-order valence-electron chi connectivity index (χ4n) is 3.50. The molecule has 0 radical (unpaired) electrons. The van der Waals surface area contributed by atoms with Crippen LogP contribution in [0.3, 0.4) is 0 Å². The maximum atomic E-state index is 13.1.